The Hall–Kier alpha value is -2.35. The number of aromatic nitrogens is 2. The Bertz CT molecular complexity index is 1220. The quantitative estimate of drug-likeness (QED) is 0.295. The number of fused-ring (bicyclic) bond motifs is 1. The second-order valence-electron chi connectivity index (χ2n) is 8.59. The van der Waals surface area contributed by atoms with Gasteiger partial charge >= 0.3 is 0 Å². The van der Waals surface area contributed by atoms with Crippen molar-refractivity contribution in [2.24, 2.45) is 0 Å². The minimum Gasteiger partial charge on any atom is -0.225 e. The molecule has 4 aromatic rings. The van der Waals surface area contributed by atoms with Crippen LogP contribution in [0.25, 0.3) is 27.3 Å². The normalized spacial score (nSPS) is 19.3. The Morgan fingerprint density at radius 2 is 1.67 bits per heavy atom. The molecule has 0 aliphatic carbocycles. The number of benzene rings is 2. The zero-order valence-corrected chi connectivity index (χ0v) is 14.6. The zero-order chi connectivity index (χ0) is 16.4. The highest BCUT2D eigenvalue weighted by Crippen LogP contribution is 2.51. The fourth-order valence-corrected chi connectivity index (χ4v) is 5.12. The van der Waals surface area contributed by atoms with Crippen molar-refractivity contribution in [1.82, 2.24) is 4.40 Å². The molecular weight excluding hydrogens is 292 g/mol. The van der Waals surface area contributed by atoms with Gasteiger partial charge in [-0.05, 0) is 0 Å². The number of hydrogen-bond acceptors (Lipinski definition) is 0. The van der Waals surface area contributed by atoms with Crippen LogP contribution in [-0.2, 0) is 17.4 Å². The first-order valence-corrected chi connectivity index (χ1v) is 8.85. The van der Waals surface area contributed by atoms with Crippen molar-refractivity contribution in [3.05, 3.63) is 59.4 Å². The van der Waals surface area contributed by atoms with E-state index >= 15 is 0 Å². The molecule has 0 N–H and O–H groups in total. The molecule has 24 heavy (non-hydrogen) atoms. The highest BCUT2D eigenvalue weighted by Gasteiger charge is 2.51. The SMILES string of the molecule is CC1(C)c2cccc3c4cccc5c4c4n(c(c[n+]4C5)C1(C)C)c23. The van der Waals surface area contributed by atoms with Crippen LogP contribution in [0.15, 0.2) is 42.6 Å². The van der Waals surface area contributed by atoms with Gasteiger partial charge in [0.25, 0.3) is 5.65 Å². The maximum absolute atomic E-state index is 2.56. The van der Waals surface area contributed by atoms with E-state index in [1.165, 1.54) is 44.1 Å². The van der Waals surface area contributed by atoms with Crippen LogP contribution < -0.4 is 4.57 Å². The van der Waals surface area contributed by atoms with E-state index < -0.39 is 0 Å². The van der Waals surface area contributed by atoms with Crippen LogP contribution in [-0.4, -0.2) is 4.40 Å². The molecule has 0 atom stereocenters. The maximum atomic E-state index is 2.56. The van der Waals surface area contributed by atoms with Crippen LogP contribution in [0.2, 0.25) is 0 Å². The Morgan fingerprint density at radius 3 is 2.50 bits per heavy atom. The monoisotopic (exact) mass is 313 g/mol. The minimum absolute atomic E-state index is 0.0857. The Morgan fingerprint density at radius 1 is 0.917 bits per heavy atom. The van der Waals surface area contributed by atoms with E-state index in [1.54, 1.807) is 0 Å². The molecule has 0 amide bonds. The van der Waals surface area contributed by atoms with Gasteiger partial charge in [-0.3, -0.25) is 0 Å². The summed E-state index contributed by atoms with van der Waals surface area (Å²) in [4.78, 5) is 0. The summed E-state index contributed by atoms with van der Waals surface area (Å²) in [5.41, 5.74) is 7.35. The van der Waals surface area contributed by atoms with Gasteiger partial charge in [-0.25, -0.2) is 4.57 Å². The Labute approximate surface area is 141 Å². The summed E-state index contributed by atoms with van der Waals surface area (Å²) < 4.78 is 5.03. The van der Waals surface area contributed by atoms with Crippen molar-refractivity contribution in [2.75, 3.05) is 0 Å². The number of pyridine rings is 1. The summed E-state index contributed by atoms with van der Waals surface area (Å²) in [7, 11) is 0. The van der Waals surface area contributed by atoms with E-state index in [1.807, 2.05) is 0 Å². The number of para-hydroxylation sites is 1. The van der Waals surface area contributed by atoms with Crippen molar-refractivity contribution in [3.8, 4) is 0 Å². The minimum atomic E-state index is 0.0857. The molecule has 2 heteroatoms. The van der Waals surface area contributed by atoms with Crippen molar-refractivity contribution in [3.63, 3.8) is 0 Å². The first-order valence-electron chi connectivity index (χ1n) is 8.85. The third-order valence-corrected chi connectivity index (χ3v) is 7.14. The molecule has 0 saturated carbocycles. The van der Waals surface area contributed by atoms with Gasteiger partial charge < -0.3 is 0 Å². The van der Waals surface area contributed by atoms with Gasteiger partial charge in [0.05, 0.1) is 5.39 Å². The lowest BCUT2D eigenvalue weighted by atomic mass is 9.61. The molecule has 0 radical (unpaired) electrons. The summed E-state index contributed by atoms with van der Waals surface area (Å²) in [6.45, 7) is 10.6. The fraction of sp³-hybridized carbons (Fsp3) is 0.318. The molecule has 0 unspecified atom stereocenters. The number of imidazole rings is 1. The molecule has 2 aromatic heterocycles. The average molecular weight is 313 g/mol. The van der Waals surface area contributed by atoms with Gasteiger partial charge in [0.2, 0.25) is 0 Å². The van der Waals surface area contributed by atoms with Gasteiger partial charge in [0.15, 0.2) is 5.69 Å². The Kier molecular flexibility index (Phi) is 1.90. The molecule has 0 bridgehead atoms. The zero-order valence-electron chi connectivity index (χ0n) is 14.6. The van der Waals surface area contributed by atoms with Gasteiger partial charge in [0, 0.05) is 32.7 Å². The molecule has 2 aliphatic heterocycles. The average Bonchev–Trinajstić information content (AvgIpc) is 3.09. The maximum Gasteiger partial charge on any atom is 0.295 e. The molecule has 2 aliphatic rings. The van der Waals surface area contributed by atoms with Gasteiger partial charge in [-0.15, -0.1) is 0 Å². The fourth-order valence-electron chi connectivity index (χ4n) is 5.12. The number of hydrogen-bond donors (Lipinski definition) is 0. The van der Waals surface area contributed by atoms with E-state index in [0.717, 1.165) is 6.54 Å². The van der Waals surface area contributed by atoms with Crippen LogP contribution in [0.1, 0.15) is 44.5 Å². The number of rotatable bonds is 0. The highest BCUT2D eigenvalue weighted by atomic mass is 15.1. The predicted molar refractivity (Wildman–Crippen MR) is 97.8 cm³/mol. The van der Waals surface area contributed by atoms with Crippen molar-refractivity contribution >= 4 is 27.3 Å². The van der Waals surface area contributed by atoms with Crippen LogP contribution in [0, 0.1) is 0 Å². The second-order valence-corrected chi connectivity index (χ2v) is 8.59. The molecule has 118 valence electrons. The standard InChI is InChI=1S/C22H21N2/c1-21(2)16-10-6-9-15-14-8-5-7-13-11-23-12-17(22(21,3)4)24(19(15)16)20(23)18(13)14/h5-10,12H,11H2,1-4H3/q+1. The summed E-state index contributed by atoms with van der Waals surface area (Å²) in [5, 5.41) is 4.25. The van der Waals surface area contributed by atoms with Gasteiger partial charge in [-0.2, -0.15) is 4.40 Å². The van der Waals surface area contributed by atoms with Crippen LogP contribution >= 0.6 is 0 Å². The van der Waals surface area contributed by atoms with Crippen molar-refractivity contribution in [2.45, 2.75) is 45.1 Å². The third-order valence-electron chi connectivity index (χ3n) is 7.14. The first kappa shape index (κ1) is 13.0. The molecule has 0 spiro atoms. The number of nitrogens with zero attached hydrogens (tertiary/aromatic N) is 2. The van der Waals surface area contributed by atoms with Gasteiger partial charge in [0.1, 0.15) is 18.3 Å². The van der Waals surface area contributed by atoms with Crippen molar-refractivity contribution < 1.29 is 4.57 Å². The lowest BCUT2D eigenvalue weighted by Gasteiger charge is -2.43. The van der Waals surface area contributed by atoms with E-state index in [2.05, 4.69) is 79.3 Å². The largest absolute Gasteiger partial charge is 0.295 e. The summed E-state index contributed by atoms with van der Waals surface area (Å²) in [6.07, 6.45) is 2.41. The lowest BCUT2D eigenvalue weighted by Crippen LogP contribution is -2.44. The third kappa shape index (κ3) is 1.10. The van der Waals surface area contributed by atoms with Crippen molar-refractivity contribution in [1.29, 1.82) is 0 Å². The highest BCUT2D eigenvalue weighted by molar-refractivity contribution is 6.14. The lowest BCUT2D eigenvalue weighted by molar-refractivity contribution is -0.657. The predicted octanol–water partition coefficient (Wildman–Crippen LogP) is 4.46. The molecule has 2 aromatic carbocycles. The molecule has 0 fully saturated rings. The smallest absolute Gasteiger partial charge is 0.225 e. The molecular formula is C22H21N2+. The van der Waals surface area contributed by atoms with E-state index in [4.69, 9.17) is 0 Å². The molecule has 4 heterocycles. The second kappa shape index (κ2) is 3.51. The Balaban J connectivity index is 2.07. The van der Waals surface area contributed by atoms with E-state index in [0.29, 0.717) is 0 Å². The molecule has 2 nitrogen and oxygen atoms in total. The topological polar surface area (TPSA) is 8.29 Å². The first-order chi connectivity index (χ1) is 11.4. The summed E-state index contributed by atoms with van der Waals surface area (Å²) >= 11 is 0. The summed E-state index contributed by atoms with van der Waals surface area (Å²) in [6, 6.07) is 13.7. The van der Waals surface area contributed by atoms with Crippen LogP contribution in [0.4, 0.5) is 0 Å². The summed E-state index contributed by atoms with van der Waals surface area (Å²) in [5.74, 6) is 0. The van der Waals surface area contributed by atoms with Crippen LogP contribution in [0.3, 0.4) is 0 Å². The molecule has 6 rings (SSSR count). The van der Waals surface area contributed by atoms with Crippen LogP contribution in [0.5, 0.6) is 0 Å². The van der Waals surface area contributed by atoms with E-state index in [9.17, 15) is 0 Å². The van der Waals surface area contributed by atoms with E-state index in [-0.39, 0.29) is 10.8 Å². The molecule has 0 saturated heterocycles. The van der Waals surface area contributed by atoms with Gasteiger partial charge in [-0.1, -0.05) is 64.1 Å².